The summed E-state index contributed by atoms with van der Waals surface area (Å²) in [5, 5.41) is 5.05. The second kappa shape index (κ2) is 4.38. The molecular weight excluding hydrogens is 268 g/mol. The zero-order valence-corrected chi connectivity index (χ0v) is 12.1. The molecule has 2 heteroatoms. The van der Waals surface area contributed by atoms with Crippen LogP contribution in [-0.4, -0.2) is 9.97 Å². The fraction of sp³-hybridized carbons (Fsp3) is 0.100. The van der Waals surface area contributed by atoms with E-state index in [0.717, 1.165) is 24.2 Å². The third kappa shape index (κ3) is 1.55. The highest BCUT2D eigenvalue weighted by molar-refractivity contribution is 5.94. The average Bonchev–Trinajstić information content (AvgIpc) is 2.60. The van der Waals surface area contributed by atoms with Crippen LogP contribution in [0.4, 0.5) is 0 Å². The van der Waals surface area contributed by atoms with Gasteiger partial charge in [-0.2, -0.15) is 0 Å². The van der Waals surface area contributed by atoms with Crippen LogP contribution in [0.25, 0.3) is 32.9 Å². The Morgan fingerprint density at radius 3 is 1.55 bits per heavy atom. The topological polar surface area (TPSA) is 25.8 Å². The summed E-state index contributed by atoms with van der Waals surface area (Å²) in [4.78, 5) is 9.47. The summed E-state index contributed by atoms with van der Waals surface area (Å²) in [7, 11) is 0. The first-order valence-electron chi connectivity index (χ1n) is 7.65. The maximum Gasteiger partial charge on any atom is 0.0927 e. The lowest BCUT2D eigenvalue weighted by Crippen LogP contribution is -2.08. The lowest BCUT2D eigenvalue weighted by atomic mass is 9.87. The first-order valence-corrected chi connectivity index (χ1v) is 7.65. The monoisotopic (exact) mass is 282 g/mol. The first kappa shape index (κ1) is 11.9. The summed E-state index contributed by atoms with van der Waals surface area (Å²) >= 11 is 0. The zero-order valence-electron chi connectivity index (χ0n) is 12.1. The Bertz CT molecular complexity index is 949. The summed E-state index contributed by atoms with van der Waals surface area (Å²) in [6.07, 6.45) is 6.01. The van der Waals surface area contributed by atoms with Crippen LogP contribution < -0.4 is 0 Å². The van der Waals surface area contributed by atoms with Crippen LogP contribution in [0.5, 0.6) is 0 Å². The van der Waals surface area contributed by atoms with Gasteiger partial charge in [-0.25, -0.2) is 0 Å². The molecule has 2 aromatic carbocycles. The Labute approximate surface area is 128 Å². The van der Waals surface area contributed by atoms with E-state index in [4.69, 9.17) is 9.97 Å². The van der Waals surface area contributed by atoms with Crippen LogP contribution in [0.2, 0.25) is 0 Å². The summed E-state index contributed by atoms with van der Waals surface area (Å²) in [6, 6.07) is 17.0. The molecule has 0 N–H and O–H groups in total. The zero-order chi connectivity index (χ0) is 14.5. The number of aromatic nitrogens is 2. The van der Waals surface area contributed by atoms with E-state index in [1.807, 2.05) is 12.4 Å². The number of nitrogens with zero attached hydrogens (tertiary/aromatic N) is 2. The minimum Gasteiger partial charge on any atom is -0.254 e. The van der Waals surface area contributed by atoms with E-state index >= 15 is 0 Å². The van der Waals surface area contributed by atoms with E-state index in [9.17, 15) is 0 Å². The molecule has 4 aromatic rings. The second-order valence-electron chi connectivity index (χ2n) is 5.85. The third-order valence-electron chi connectivity index (χ3n) is 4.66. The van der Waals surface area contributed by atoms with Gasteiger partial charge in [0.2, 0.25) is 0 Å². The number of benzene rings is 2. The molecule has 0 fully saturated rings. The molecule has 0 unspecified atom stereocenters. The van der Waals surface area contributed by atoms with E-state index < -0.39 is 0 Å². The van der Waals surface area contributed by atoms with Crippen LogP contribution in [0.15, 0.2) is 60.9 Å². The predicted octanol–water partition coefficient (Wildman–Crippen LogP) is 4.55. The fourth-order valence-electron chi connectivity index (χ4n) is 3.61. The molecular formula is C20H14N2. The molecule has 0 atom stereocenters. The predicted molar refractivity (Wildman–Crippen MR) is 89.9 cm³/mol. The van der Waals surface area contributed by atoms with Crippen LogP contribution >= 0.6 is 0 Å². The van der Waals surface area contributed by atoms with Crippen molar-refractivity contribution in [2.24, 2.45) is 0 Å². The van der Waals surface area contributed by atoms with Gasteiger partial charge < -0.3 is 0 Å². The lowest BCUT2D eigenvalue weighted by molar-refractivity contribution is 0.933. The van der Waals surface area contributed by atoms with Crippen molar-refractivity contribution in [1.29, 1.82) is 0 Å². The van der Waals surface area contributed by atoms with Crippen LogP contribution in [0.1, 0.15) is 11.1 Å². The van der Waals surface area contributed by atoms with Crippen LogP contribution in [0, 0.1) is 0 Å². The first-order chi connectivity index (χ1) is 10.9. The molecule has 0 saturated carbocycles. The van der Waals surface area contributed by atoms with Gasteiger partial charge >= 0.3 is 0 Å². The van der Waals surface area contributed by atoms with Crippen molar-refractivity contribution in [3.8, 4) is 11.4 Å². The quantitative estimate of drug-likeness (QED) is 0.473. The van der Waals surface area contributed by atoms with E-state index in [1.165, 1.54) is 32.7 Å². The molecule has 2 aromatic heterocycles. The van der Waals surface area contributed by atoms with Gasteiger partial charge in [0.1, 0.15) is 0 Å². The van der Waals surface area contributed by atoms with Gasteiger partial charge in [-0.1, -0.05) is 48.5 Å². The molecule has 0 radical (unpaired) electrons. The molecule has 0 amide bonds. The van der Waals surface area contributed by atoms with E-state index in [-0.39, 0.29) is 0 Å². The van der Waals surface area contributed by atoms with E-state index in [1.54, 1.807) is 0 Å². The Kier molecular flexibility index (Phi) is 2.36. The molecule has 0 saturated heterocycles. The highest BCUT2D eigenvalue weighted by Crippen LogP contribution is 2.37. The summed E-state index contributed by atoms with van der Waals surface area (Å²) in [6.45, 7) is 0. The van der Waals surface area contributed by atoms with Crippen molar-refractivity contribution in [1.82, 2.24) is 9.97 Å². The molecule has 0 aliphatic heterocycles. The Balaban J connectivity index is 1.87. The van der Waals surface area contributed by atoms with Gasteiger partial charge in [-0.15, -0.1) is 0 Å². The molecule has 5 rings (SSSR count). The lowest BCUT2D eigenvalue weighted by Gasteiger charge is -2.21. The fourth-order valence-corrected chi connectivity index (χ4v) is 3.61. The van der Waals surface area contributed by atoms with Gasteiger partial charge in [0.15, 0.2) is 0 Å². The number of hydrogen-bond acceptors (Lipinski definition) is 2. The Hall–Kier alpha value is -2.74. The van der Waals surface area contributed by atoms with Gasteiger partial charge in [0.25, 0.3) is 0 Å². The second-order valence-corrected chi connectivity index (χ2v) is 5.85. The van der Waals surface area contributed by atoms with Crippen molar-refractivity contribution in [2.45, 2.75) is 12.8 Å². The number of aryl methyl sites for hydroxylation is 2. The summed E-state index contributed by atoms with van der Waals surface area (Å²) in [5.74, 6) is 0. The molecule has 0 spiro atoms. The molecule has 2 nitrogen and oxygen atoms in total. The number of pyridine rings is 2. The standard InChI is InChI=1S/C20H14N2/c1-3-7-15-13(5-1)11-21-19-17(15)9-10-18-16-8-4-2-6-14(16)12-22-20(18)19/h1-8,11-12H,9-10H2. The minimum atomic E-state index is 1.03. The van der Waals surface area contributed by atoms with Crippen molar-refractivity contribution in [3.05, 3.63) is 72.1 Å². The third-order valence-corrected chi connectivity index (χ3v) is 4.66. The SMILES string of the molecule is c1ccc2c3c(ncc2c1)-c1ncc2ccccc2c1CC3. The van der Waals surface area contributed by atoms with Crippen molar-refractivity contribution in [2.75, 3.05) is 0 Å². The van der Waals surface area contributed by atoms with Gasteiger partial charge in [-0.3, -0.25) is 9.97 Å². The normalized spacial score (nSPS) is 13.1. The largest absolute Gasteiger partial charge is 0.254 e. The van der Waals surface area contributed by atoms with E-state index in [2.05, 4.69) is 48.5 Å². The van der Waals surface area contributed by atoms with Crippen molar-refractivity contribution in [3.63, 3.8) is 0 Å². The maximum atomic E-state index is 4.73. The number of fused-ring (bicyclic) bond motifs is 7. The Morgan fingerprint density at radius 2 is 1.05 bits per heavy atom. The maximum absolute atomic E-state index is 4.73. The van der Waals surface area contributed by atoms with Crippen LogP contribution in [-0.2, 0) is 12.8 Å². The molecule has 2 heterocycles. The molecule has 0 bridgehead atoms. The van der Waals surface area contributed by atoms with Crippen molar-refractivity contribution < 1.29 is 0 Å². The van der Waals surface area contributed by atoms with Gasteiger partial charge in [0, 0.05) is 23.2 Å². The molecule has 1 aliphatic rings. The highest BCUT2D eigenvalue weighted by Gasteiger charge is 2.22. The minimum absolute atomic E-state index is 1.03. The Morgan fingerprint density at radius 1 is 0.591 bits per heavy atom. The molecule has 1 aliphatic carbocycles. The average molecular weight is 282 g/mol. The summed E-state index contributed by atoms with van der Waals surface area (Å²) in [5.41, 5.74) is 4.80. The number of rotatable bonds is 0. The van der Waals surface area contributed by atoms with Crippen LogP contribution in [0.3, 0.4) is 0 Å². The summed E-state index contributed by atoms with van der Waals surface area (Å²) < 4.78 is 0. The van der Waals surface area contributed by atoms with E-state index in [0.29, 0.717) is 0 Å². The van der Waals surface area contributed by atoms with Crippen molar-refractivity contribution >= 4 is 21.5 Å². The van der Waals surface area contributed by atoms with Gasteiger partial charge in [-0.05, 0) is 34.7 Å². The number of hydrogen-bond donors (Lipinski definition) is 0. The highest BCUT2D eigenvalue weighted by atomic mass is 14.8. The molecule has 104 valence electrons. The molecule has 22 heavy (non-hydrogen) atoms. The van der Waals surface area contributed by atoms with Gasteiger partial charge in [0.05, 0.1) is 11.4 Å². The smallest absolute Gasteiger partial charge is 0.0927 e.